The van der Waals surface area contributed by atoms with Crippen LogP contribution in [0.2, 0.25) is 0 Å². The van der Waals surface area contributed by atoms with Crippen molar-refractivity contribution in [1.82, 2.24) is 24.8 Å². The van der Waals surface area contributed by atoms with Crippen LogP contribution < -0.4 is 0 Å². The third-order valence-electron chi connectivity index (χ3n) is 4.50. The highest BCUT2D eigenvalue weighted by molar-refractivity contribution is 5.97. The van der Waals surface area contributed by atoms with E-state index >= 15 is 0 Å². The van der Waals surface area contributed by atoms with Gasteiger partial charge in [0.25, 0.3) is 5.91 Å². The number of amides is 1. The molecule has 6 nitrogen and oxygen atoms in total. The molecular formula is C18H19N5O. The van der Waals surface area contributed by atoms with Gasteiger partial charge in [-0.05, 0) is 51.0 Å². The summed E-state index contributed by atoms with van der Waals surface area (Å²) in [7, 11) is 0. The Morgan fingerprint density at radius 2 is 2.12 bits per heavy atom. The summed E-state index contributed by atoms with van der Waals surface area (Å²) in [6.07, 6.45) is 3.69. The molecule has 0 bridgehead atoms. The zero-order valence-electron chi connectivity index (χ0n) is 13.8. The molecule has 122 valence electrons. The quantitative estimate of drug-likeness (QED) is 0.787. The summed E-state index contributed by atoms with van der Waals surface area (Å²) in [4.78, 5) is 31.2. The Hall–Kier alpha value is -2.76. The van der Waals surface area contributed by atoms with Crippen LogP contribution in [-0.2, 0) is 0 Å². The monoisotopic (exact) mass is 321 g/mol. The average molecular weight is 321 g/mol. The molecule has 3 heterocycles. The number of aromatic amines is 1. The van der Waals surface area contributed by atoms with Gasteiger partial charge in [-0.25, -0.2) is 15.0 Å². The first kappa shape index (κ1) is 14.8. The SMILES string of the molecule is Cc1nccc([C@@H]2CCCN2C(=O)c2ccc3nc(C)[nH]c3c2)n1. The van der Waals surface area contributed by atoms with Crippen LogP contribution in [-0.4, -0.2) is 37.3 Å². The van der Waals surface area contributed by atoms with E-state index in [4.69, 9.17) is 0 Å². The lowest BCUT2D eigenvalue weighted by molar-refractivity contribution is 0.0733. The summed E-state index contributed by atoms with van der Waals surface area (Å²) in [6, 6.07) is 7.57. The second-order valence-corrected chi connectivity index (χ2v) is 6.24. The lowest BCUT2D eigenvalue weighted by atomic mass is 10.1. The van der Waals surface area contributed by atoms with E-state index in [9.17, 15) is 4.79 Å². The number of nitrogens with one attached hydrogen (secondary N) is 1. The fourth-order valence-corrected chi connectivity index (χ4v) is 3.41. The van der Waals surface area contributed by atoms with Gasteiger partial charge in [0.15, 0.2) is 0 Å². The molecule has 6 heteroatoms. The summed E-state index contributed by atoms with van der Waals surface area (Å²) >= 11 is 0. The molecule has 1 N–H and O–H groups in total. The molecule has 1 saturated heterocycles. The van der Waals surface area contributed by atoms with Gasteiger partial charge in [-0.2, -0.15) is 0 Å². The maximum absolute atomic E-state index is 13.0. The minimum Gasteiger partial charge on any atom is -0.342 e. The molecule has 1 aliphatic rings. The van der Waals surface area contributed by atoms with Gasteiger partial charge in [0.2, 0.25) is 0 Å². The van der Waals surface area contributed by atoms with Crippen molar-refractivity contribution in [3.63, 3.8) is 0 Å². The number of aromatic nitrogens is 4. The lowest BCUT2D eigenvalue weighted by Gasteiger charge is -2.24. The Labute approximate surface area is 140 Å². The van der Waals surface area contributed by atoms with Crippen molar-refractivity contribution in [2.24, 2.45) is 0 Å². The molecule has 1 amide bonds. The van der Waals surface area contributed by atoms with Crippen molar-refractivity contribution >= 4 is 16.9 Å². The van der Waals surface area contributed by atoms with Crippen molar-refractivity contribution in [3.05, 3.63) is 53.4 Å². The number of hydrogen-bond acceptors (Lipinski definition) is 4. The van der Waals surface area contributed by atoms with E-state index in [1.165, 1.54) is 0 Å². The first-order chi connectivity index (χ1) is 11.6. The topological polar surface area (TPSA) is 74.8 Å². The Morgan fingerprint density at radius 1 is 1.25 bits per heavy atom. The number of nitrogens with zero attached hydrogens (tertiary/aromatic N) is 4. The van der Waals surface area contributed by atoms with Gasteiger partial charge in [0.05, 0.1) is 22.8 Å². The van der Waals surface area contributed by atoms with Crippen molar-refractivity contribution < 1.29 is 4.79 Å². The smallest absolute Gasteiger partial charge is 0.254 e. The molecule has 4 rings (SSSR count). The molecule has 1 aliphatic heterocycles. The van der Waals surface area contributed by atoms with Gasteiger partial charge in [-0.15, -0.1) is 0 Å². The number of carbonyl (C=O) groups is 1. The maximum Gasteiger partial charge on any atom is 0.254 e. The second kappa shape index (κ2) is 5.70. The summed E-state index contributed by atoms with van der Waals surface area (Å²) in [5, 5.41) is 0. The Balaban J connectivity index is 1.66. The maximum atomic E-state index is 13.0. The van der Waals surface area contributed by atoms with Gasteiger partial charge in [-0.3, -0.25) is 4.79 Å². The summed E-state index contributed by atoms with van der Waals surface area (Å²) in [5.41, 5.74) is 3.39. The standard InChI is InChI=1S/C18H19N5O/c1-11-19-8-7-15(20-11)17-4-3-9-23(17)18(24)13-5-6-14-16(10-13)22-12(2)21-14/h5-8,10,17H,3-4,9H2,1-2H3,(H,21,22)/t17-/m0/s1. The van der Waals surface area contributed by atoms with Gasteiger partial charge in [0, 0.05) is 18.3 Å². The number of aryl methyl sites for hydroxylation is 2. The van der Waals surface area contributed by atoms with Crippen LogP contribution in [0.25, 0.3) is 11.0 Å². The van der Waals surface area contributed by atoms with Crippen LogP contribution >= 0.6 is 0 Å². The van der Waals surface area contributed by atoms with Crippen LogP contribution in [0.5, 0.6) is 0 Å². The number of likely N-dealkylation sites (tertiary alicyclic amines) is 1. The summed E-state index contributed by atoms with van der Waals surface area (Å²) < 4.78 is 0. The van der Waals surface area contributed by atoms with Gasteiger partial charge in [0.1, 0.15) is 11.6 Å². The number of hydrogen-bond donors (Lipinski definition) is 1. The number of H-pyrrole nitrogens is 1. The van der Waals surface area contributed by atoms with Crippen LogP contribution in [0.15, 0.2) is 30.5 Å². The predicted octanol–water partition coefficient (Wildman–Crippen LogP) is 2.95. The van der Waals surface area contributed by atoms with E-state index in [0.29, 0.717) is 5.56 Å². The molecule has 1 aromatic carbocycles. The average Bonchev–Trinajstić information content (AvgIpc) is 3.18. The van der Waals surface area contributed by atoms with Crippen molar-refractivity contribution in [2.45, 2.75) is 32.7 Å². The van der Waals surface area contributed by atoms with Crippen molar-refractivity contribution in [2.75, 3.05) is 6.54 Å². The van der Waals surface area contributed by atoms with E-state index in [-0.39, 0.29) is 11.9 Å². The molecule has 0 unspecified atom stereocenters. The molecule has 3 aromatic rings. The van der Waals surface area contributed by atoms with E-state index in [1.807, 2.05) is 43.0 Å². The first-order valence-corrected chi connectivity index (χ1v) is 8.19. The molecule has 0 aliphatic carbocycles. The molecular weight excluding hydrogens is 302 g/mol. The normalized spacial score (nSPS) is 17.6. The molecule has 0 saturated carbocycles. The Morgan fingerprint density at radius 3 is 2.96 bits per heavy atom. The van der Waals surface area contributed by atoms with E-state index in [0.717, 1.165) is 47.8 Å². The van der Waals surface area contributed by atoms with Crippen LogP contribution in [0.3, 0.4) is 0 Å². The van der Waals surface area contributed by atoms with Crippen LogP contribution in [0.1, 0.15) is 46.6 Å². The fraction of sp³-hybridized carbons (Fsp3) is 0.333. The Kier molecular flexibility index (Phi) is 3.52. The zero-order chi connectivity index (χ0) is 16.7. The predicted molar refractivity (Wildman–Crippen MR) is 90.6 cm³/mol. The molecule has 0 spiro atoms. The number of fused-ring (bicyclic) bond motifs is 1. The molecule has 24 heavy (non-hydrogen) atoms. The van der Waals surface area contributed by atoms with Crippen LogP contribution in [0.4, 0.5) is 0 Å². The van der Waals surface area contributed by atoms with E-state index in [2.05, 4.69) is 19.9 Å². The third-order valence-corrected chi connectivity index (χ3v) is 4.50. The summed E-state index contributed by atoms with van der Waals surface area (Å²) in [5.74, 6) is 1.63. The molecule has 2 aromatic heterocycles. The summed E-state index contributed by atoms with van der Waals surface area (Å²) in [6.45, 7) is 4.54. The van der Waals surface area contributed by atoms with Gasteiger partial charge in [-0.1, -0.05) is 0 Å². The largest absolute Gasteiger partial charge is 0.342 e. The number of rotatable bonds is 2. The van der Waals surface area contributed by atoms with Crippen molar-refractivity contribution in [1.29, 1.82) is 0 Å². The fourth-order valence-electron chi connectivity index (χ4n) is 3.41. The second-order valence-electron chi connectivity index (χ2n) is 6.24. The van der Waals surface area contributed by atoms with Gasteiger partial charge < -0.3 is 9.88 Å². The zero-order valence-corrected chi connectivity index (χ0v) is 13.8. The van der Waals surface area contributed by atoms with Crippen molar-refractivity contribution in [3.8, 4) is 0 Å². The Bertz CT molecular complexity index is 917. The minimum atomic E-state index is 0.0263. The highest BCUT2D eigenvalue weighted by Gasteiger charge is 2.31. The highest BCUT2D eigenvalue weighted by Crippen LogP contribution is 2.32. The van der Waals surface area contributed by atoms with Crippen LogP contribution in [0, 0.1) is 13.8 Å². The molecule has 1 atom stereocenters. The molecule has 0 radical (unpaired) electrons. The molecule has 1 fully saturated rings. The number of imidazole rings is 1. The number of benzene rings is 1. The van der Waals surface area contributed by atoms with E-state index in [1.54, 1.807) is 6.20 Å². The third kappa shape index (κ3) is 2.54. The minimum absolute atomic E-state index is 0.0263. The first-order valence-electron chi connectivity index (χ1n) is 8.19. The van der Waals surface area contributed by atoms with Gasteiger partial charge >= 0.3 is 0 Å². The number of carbonyl (C=O) groups excluding carboxylic acids is 1. The highest BCUT2D eigenvalue weighted by atomic mass is 16.2. The lowest BCUT2D eigenvalue weighted by Crippen LogP contribution is -2.31. The van der Waals surface area contributed by atoms with E-state index < -0.39 is 0 Å².